The minimum absolute atomic E-state index is 0.728. The lowest BCUT2D eigenvalue weighted by Crippen LogP contribution is -2.23. The minimum Gasteiger partial charge on any atom is -0.383 e. The third-order valence-electron chi connectivity index (χ3n) is 4.07. The molecule has 0 radical (unpaired) electrons. The summed E-state index contributed by atoms with van der Waals surface area (Å²) in [4.78, 5) is 4.35. The Morgan fingerprint density at radius 2 is 2.11 bits per heavy atom. The van der Waals surface area contributed by atoms with E-state index in [2.05, 4.69) is 14.9 Å². The molecule has 100 valence electrons. The monoisotopic (exact) mass is 249 g/mol. The first kappa shape index (κ1) is 12.2. The molecule has 0 spiro atoms. The van der Waals surface area contributed by atoms with Gasteiger partial charge >= 0.3 is 0 Å². The van der Waals surface area contributed by atoms with Gasteiger partial charge in [-0.05, 0) is 37.5 Å². The smallest absolute Gasteiger partial charge is 0.0951 e. The van der Waals surface area contributed by atoms with E-state index in [-0.39, 0.29) is 0 Å². The molecule has 18 heavy (non-hydrogen) atoms. The van der Waals surface area contributed by atoms with Gasteiger partial charge in [0.05, 0.1) is 18.6 Å². The zero-order chi connectivity index (χ0) is 12.4. The van der Waals surface area contributed by atoms with Crippen molar-refractivity contribution < 1.29 is 4.74 Å². The molecule has 4 heteroatoms. The van der Waals surface area contributed by atoms with Crippen molar-refractivity contribution in [2.75, 3.05) is 20.3 Å². The Bertz CT molecular complexity index is 370. The highest BCUT2D eigenvalue weighted by Crippen LogP contribution is 2.52. The summed E-state index contributed by atoms with van der Waals surface area (Å²) in [6, 6.07) is 0.728. The van der Waals surface area contributed by atoms with E-state index < -0.39 is 0 Å². The van der Waals surface area contributed by atoms with E-state index >= 15 is 0 Å². The molecule has 0 saturated heterocycles. The Morgan fingerprint density at radius 3 is 2.72 bits per heavy atom. The van der Waals surface area contributed by atoms with E-state index in [1.165, 1.54) is 31.4 Å². The zero-order valence-corrected chi connectivity index (χ0v) is 11.1. The number of hydrogen-bond acceptors (Lipinski definition) is 3. The van der Waals surface area contributed by atoms with Crippen molar-refractivity contribution in [2.24, 2.45) is 11.8 Å². The number of methoxy groups -OCH3 is 1. The third-order valence-corrected chi connectivity index (χ3v) is 4.07. The topological polar surface area (TPSA) is 39.1 Å². The molecule has 1 heterocycles. The molecule has 3 rings (SSSR count). The van der Waals surface area contributed by atoms with Gasteiger partial charge < -0.3 is 14.6 Å². The lowest BCUT2D eigenvalue weighted by atomic mass is 10.1. The van der Waals surface area contributed by atoms with Crippen molar-refractivity contribution in [1.29, 1.82) is 0 Å². The third kappa shape index (κ3) is 2.75. The molecule has 0 aliphatic heterocycles. The van der Waals surface area contributed by atoms with Crippen LogP contribution in [-0.4, -0.2) is 29.8 Å². The molecule has 2 fully saturated rings. The summed E-state index contributed by atoms with van der Waals surface area (Å²) in [5.74, 6) is 1.84. The summed E-state index contributed by atoms with van der Waals surface area (Å²) >= 11 is 0. The second kappa shape index (κ2) is 5.41. The highest BCUT2D eigenvalue weighted by Gasteiger charge is 2.42. The Labute approximate surface area is 109 Å². The summed E-state index contributed by atoms with van der Waals surface area (Å²) < 4.78 is 7.49. The minimum atomic E-state index is 0.728. The van der Waals surface area contributed by atoms with Gasteiger partial charge in [-0.1, -0.05) is 0 Å². The number of hydrogen-bond donors (Lipinski definition) is 1. The molecular weight excluding hydrogens is 226 g/mol. The number of rotatable bonds is 8. The first-order valence-electron chi connectivity index (χ1n) is 7.10. The van der Waals surface area contributed by atoms with Gasteiger partial charge in [-0.15, -0.1) is 0 Å². The molecule has 4 nitrogen and oxygen atoms in total. The van der Waals surface area contributed by atoms with Crippen LogP contribution in [0, 0.1) is 11.8 Å². The van der Waals surface area contributed by atoms with Gasteiger partial charge in [0.2, 0.25) is 0 Å². The van der Waals surface area contributed by atoms with Crippen molar-refractivity contribution in [3.8, 4) is 0 Å². The molecule has 1 aromatic rings. The van der Waals surface area contributed by atoms with E-state index in [0.717, 1.165) is 37.6 Å². The van der Waals surface area contributed by atoms with Crippen LogP contribution in [0.4, 0.5) is 0 Å². The number of imidazole rings is 1. The molecule has 0 aromatic carbocycles. The van der Waals surface area contributed by atoms with E-state index in [0.29, 0.717) is 0 Å². The van der Waals surface area contributed by atoms with Crippen LogP contribution in [0.2, 0.25) is 0 Å². The van der Waals surface area contributed by atoms with Crippen LogP contribution in [0.1, 0.15) is 37.4 Å². The van der Waals surface area contributed by atoms with Crippen LogP contribution in [0.25, 0.3) is 0 Å². The maximum Gasteiger partial charge on any atom is 0.0951 e. The summed E-state index contributed by atoms with van der Waals surface area (Å²) in [5, 5.41) is 3.42. The van der Waals surface area contributed by atoms with E-state index in [9.17, 15) is 0 Å². The number of nitrogens with zero attached hydrogens (tertiary/aromatic N) is 2. The summed E-state index contributed by atoms with van der Waals surface area (Å²) in [6.45, 7) is 2.57. The first-order chi connectivity index (χ1) is 8.90. The van der Waals surface area contributed by atoms with E-state index in [1.807, 2.05) is 12.5 Å². The van der Waals surface area contributed by atoms with Gasteiger partial charge in [0.15, 0.2) is 0 Å². The standard InChI is InChI=1S/C14H23N3O/c1-18-7-6-15-8-13-9-16-10-17(13)14(11-2-3-11)12-4-5-12/h9-12,14-15H,2-8H2,1H3. The molecule has 1 aromatic heterocycles. The molecule has 0 bridgehead atoms. The largest absolute Gasteiger partial charge is 0.383 e. The van der Waals surface area contributed by atoms with Gasteiger partial charge in [-0.25, -0.2) is 4.98 Å². The van der Waals surface area contributed by atoms with Crippen LogP contribution in [-0.2, 0) is 11.3 Å². The Kier molecular flexibility index (Phi) is 3.66. The fourth-order valence-corrected chi connectivity index (χ4v) is 2.84. The predicted octanol–water partition coefficient (Wildman–Crippen LogP) is 1.98. The van der Waals surface area contributed by atoms with Crippen LogP contribution < -0.4 is 5.32 Å². The summed E-state index contributed by atoms with van der Waals surface area (Å²) in [6.07, 6.45) is 9.70. The van der Waals surface area contributed by atoms with Crippen molar-refractivity contribution in [2.45, 2.75) is 38.3 Å². The van der Waals surface area contributed by atoms with Crippen LogP contribution >= 0.6 is 0 Å². The van der Waals surface area contributed by atoms with Gasteiger partial charge in [0.25, 0.3) is 0 Å². The van der Waals surface area contributed by atoms with E-state index in [1.54, 1.807) is 7.11 Å². The quantitative estimate of drug-likeness (QED) is 0.716. The molecule has 0 unspecified atom stereocenters. The van der Waals surface area contributed by atoms with Crippen molar-refractivity contribution >= 4 is 0 Å². The highest BCUT2D eigenvalue weighted by molar-refractivity contribution is 5.06. The molecule has 0 amide bonds. The average Bonchev–Trinajstić information content (AvgIpc) is 3.27. The van der Waals surface area contributed by atoms with E-state index in [4.69, 9.17) is 4.74 Å². The Balaban J connectivity index is 1.62. The Hall–Kier alpha value is -0.870. The Morgan fingerprint density at radius 1 is 1.39 bits per heavy atom. The average molecular weight is 249 g/mol. The van der Waals surface area contributed by atoms with Gasteiger partial charge in [0, 0.05) is 32.4 Å². The first-order valence-corrected chi connectivity index (χ1v) is 7.10. The van der Waals surface area contributed by atoms with Crippen molar-refractivity contribution in [3.63, 3.8) is 0 Å². The maximum atomic E-state index is 5.05. The maximum absolute atomic E-state index is 5.05. The van der Waals surface area contributed by atoms with Crippen LogP contribution in [0.3, 0.4) is 0 Å². The second-order valence-corrected chi connectivity index (χ2v) is 5.63. The fraction of sp³-hybridized carbons (Fsp3) is 0.786. The SMILES string of the molecule is COCCNCc1cncn1C(C1CC1)C1CC1. The lowest BCUT2D eigenvalue weighted by molar-refractivity contribution is 0.198. The summed E-state index contributed by atoms with van der Waals surface area (Å²) in [5.41, 5.74) is 1.33. The van der Waals surface area contributed by atoms with Crippen LogP contribution in [0.5, 0.6) is 0 Å². The van der Waals surface area contributed by atoms with Gasteiger partial charge in [-0.2, -0.15) is 0 Å². The fourth-order valence-electron chi connectivity index (χ4n) is 2.84. The van der Waals surface area contributed by atoms with Crippen molar-refractivity contribution in [1.82, 2.24) is 14.9 Å². The molecule has 2 saturated carbocycles. The lowest BCUT2D eigenvalue weighted by Gasteiger charge is -2.20. The molecule has 0 atom stereocenters. The normalized spacial score (nSPS) is 19.7. The number of ether oxygens (including phenoxy) is 1. The van der Waals surface area contributed by atoms with Gasteiger partial charge in [0.1, 0.15) is 0 Å². The number of nitrogens with one attached hydrogen (secondary N) is 1. The summed E-state index contributed by atoms with van der Waals surface area (Å²) in [7, 11) is 1.74. The molecular formula is C14H23N3O. The highest BCUT2D eigenvalue weighted by atomic mass is 16.5. The predicted molar refractivity (Wildman–Crippen MR) is 70.3 cm³/mol. The second-order valence-electron chi connectivity index (χ2n) is 5.63. The molecule has 2 aliphatic rings. The van der Waals surface area contributed by atoms with Gasteiger partial charge in [-0.3, -0.25) is 0 Å². The molecule has 1 N–H and O–H groups in total. The van der Waals surface area contributed by atoms with Crippen LogP contribution in [0.15, 0.2) is 12.5 Å². The number of aromatic nitrogens is 2. The zero-order valence-electron chi connectivity index (χ0n) is 11.1. The van der Waals surface area contributed by atoms with Crippen molar-refractivity contribution in [3.05, 3.63) is 18.2 Å². The molecule has 2 aliphatic carbocycles.